The fraction of sp³-hybridized carbons (Fsp3) is 0. The number of aromatic nitrogens is 4. The second kappa shape index (κ2) is 14.0. The first-order valence-electron chi connectivity index (χ1n) is 21.0. The van der Waals surface area contributed by atoms with Crippen molar-refractivity contribution in [3.63, 3.8) is 0 Å². The minimum absolute atomic E-state index is 0.791. The number of hydrogen-bond donors (Lipinski definition) is 0. The fourth-order valence-corrected chi connectivity index (χ4v) is 9.31. The van der Waals surface area contributed by atoms with Crippen molar-refractivity contribution in [2.24, 2.45) is 0 Å². The van der Waals surface area contributed by atoms with Crippen LogP contribution in [0.15, 0.2) is 216 Å². The normalized spacial score (nSPS) is 11.8. The zero-order chi connectivity index (χ0) is 41.4. The predicted molar refractivity (Wildman–Crippen MR) is 256 cm³/mol. The SMILES string of the molecule is c1ccc(-n2c3ccc(-c4cccc(-c5cccc(-c6ccc7oc8cnccc8c7c6)c5)c4)cc3c3nc(-c4cccc(-c5ccc6oc7cnccc7c6c5)c4)ccc32)cc1. The van der Waals surface area contributed by atoms with Crippen LogP contribution in [0.25, 0.3) is 127 Å². The van der Waals surface area contributed by atoms with Crippen LogP contribution >= 0.6 is 0 Å². The third kappa shape index (κ3) is 5.84. The molecule has 13 aromatic rings. The molecule has 0 bridgehead atoms. The molecule has 6 aromatic heterocycles. The third-order valence-electron chi connectivity index (χ3n) is 12.4. The van der Waals surface area contributed by atoms with Gasteiger partial charge in [0.05, 0.1) is 34.6 Å². The Bertz CT molecular complexity index is 3930. The van der Waals surface area contributed by atoms with Gasteiger partial charge in [-0.1, -0.05) is 91.0 Å². The van der Waals surface area contributed by atoms with Crippen molar-refractivity contribution in [2.45, 2.75) is 0 Å². The highest BCUT2D eigenvalue weighted by Crippen LogP contribution is 2.39. The van der Waals surface area contributed by atoms with E-state index in [0.717, 1.165) is 127 Å². The van der Waals surface area contributed by atoms with E-state index in [1.165, 1.54) is 0 Å². The first-order valence-corrected chi connectivity index (χ1v) is 21.0. The van der Waals surface area contributed by atoms with E-state index in [4.69, 9.17) is 13.8 Å². The Kier molecular flexibility index (Phi) is 7.80. The van der Waals surface area contributed by atoms with Gasteiger partial charge in [-0.3, -0.25) is 9.97 Å². The second-order valence-corrected chi connectivity index (χ2v) is 16.1. The number of para-hydroxylation sites is 1. The summed E-state index contributed by atoms with van der Waals surface area (Å²) in [5, 5.41) is 5.40. The summed E-state index contributed by atoms with van der Waals surface area (Å²) in [5.74, 6) is 0. The molecule has 63 heavy (non-hydrogen) atoms. The average molecular weight is 807 g/mol. The standard InChI is InChI=1S/C57H34N4O2/c1-2-13-44(14-3-1)61-51-19-15-40(37-9-4-7-35(27-37)36-8-5-10-38(28-36)41-16-21-53-47(30-41)45-23-25-58-33-55(45)62-53)32-49(51)57-52(61)20-18-50(60-57)43-12-6-11-39(29-43)42-17-22-54-48(31-42)46-24-26-59-34-56(46)63-54/h1-34H. The van der Waals surface area contributed by atoms with Gasteiger partial charge >= 0.3 is 0 Å². The highest BCUT2D eigenvalue weighted by Gasteiger charge is 2.17. The van der Waals surface area contributed by atoms with Crippen LogP contribution in [0.3, 0.4) is 0 Å². The van der Waals surface area contributed by atoms with E-state index in [1.54, 1.807) is 12.4 Å². The van der Waals surface area contributed by atoms with Crippen molar-refractivity contribution in [1.29, 1.82) is 0 Å². The molecule has 0 atom stereocenters. The van der Waals surface area contributed by atoms with Gasteiger partial charge in [-0.15, -0.1) is 0 Å². The van der Waals surface area contributed by atoms with Crippen LogP contribution < -0.4 is 0 Å². The lowest BCUT2D eigenvalue weighted by atomic mass is 9.95. The van der Waals surface area contributed by atoms with Crippen molar-refractivity contribution in [1.82, 2.24) is 19.5 Å². The van der Waals surface area contributed by atoms with Crippen molar-refractivity contribution in [3.8, 4) is 61.5 Å². The van der Waals surface area contributed by atoms with E-state index in [1.807, 2.05) is 30.6 Å². The predicted octanol–water partition coefficient (Wildman–Crippen LogP) is 15.1. The van der Waals surface area contributed by atoms with E-state index >= 15 is 0 Å². The van der Waals surface area contributed by atoms with Gasteiger partial charge < -0.3 is 13.4 Å². The summed E-state index contributed by atoms with van der Waals surface area (Å²) in [6.07, 6.45) is 7.18. The van der Waals surface area contributed by atoms with Gasteiger partial charge in [-0.2, -0.15) is 0 Å². The Labute approximate surface area is 361 Å². The van der Waals surface area contributed by atoms with Gasteiger partial charge in [0.25, 0.3) is 0 Å². The molecule has 7 aromatic carbocycles. The Morgan fingerprint density at radius 3 is 1.38 bits per heavy atom. The molecule has 0 aliphatic carbocycles. The van der Waals surface area contributed by atoms with Crippen molar-refractivity contribution in [2.75, 3.05) is 0 Å². The molecule has 0 saturated carbocycles. The van der Waals surface area contributed by atoms with Crippen molar-refractivity contribution in [3.05, 3.63) is 207 Å². The van der Waals surface area contributed by atoms with Crippen LogP contribution in [0.5, 0.6) is 0 Å². The molecule has 0 unspecified atom stereocenters. The van der Waals surface area contributed by atoms with E-state index in [2.05, 4.69) is 178 Å². The average Bonchev–Trinajstić information content (AvgIpc) is 4.03. The lowest BCUT2D eigenvalue weighted by molar-refractivity contribution is 0.666. The summed E-state index contributed by atoms with van der Waals surface area (Å²) in [6.45, 7) is 0. The van der Waals surface area contributed by atoms with E-state index in [0.29, 0.717) is 0 Å². The van der Waals surface area contributed by atoms with Crippen molar-refractivity contribution < 1.29 is 8.83 Å². The van der Waals surface area contributed by atoms with Crippen LogP contribution in [-0.2, 0) is 0 Å². The highest BCUT2D eigenvalue weighted by atomic mass is 16.3. The largest absolute Gasteiger partial charge is 0.454 e. The molecule has 6 nitrogen and oxygen atoms in total. The van der Waals surface area contributed by atoms with Crippen LogP contribution in [0.4, 0.5) is 0 Å². The van der Waals surface area contributed by atoms with Gasteiger partial charge in [0, 0.05) is 50.6 Å². The van der Waals surface area contributed by atoms with Gasteiger partial charge in [0.2, 0.25) is 0 Å². The second-order valence-electron chi connectivity index (χ2n) is 16.1. The molecule has 6 heteroatoms. The Morgan fingerprint density at radius 1 is 0.333 bits per heavy atom. The molecule has 294 valence electrons. The molecule has 13 rings (SSSR count). The van der Waals surface area contributed by atoms with Gasteiger partial charge in [-0.05, 0) is 136 Å². The number of rotatable bonds is 6. The third-order valence-corrected chi connectivity index (χ3v) is 12.4. The van der Waals surface area contributed by atoms with Gasteiger partial charge in [0.1, 0.15) is 11.2 Å². The number of nitrogens with zero attached hydrogens (tertiary/aromatic N) is 4. The molecule has 0 aliphatic heterocycles. The molecular formula is C57H34N4O2. The van der Waals surface area contributed by atoms with Crippen LogP contribution in [-0.4, -0.2) is 19.5 Å². The molecular weight excluding hydrogens is 773 g/mol. The first-order chi connectivity index (χ1) is 31.2. The van der Waals surface area contributed by atoms with Crippen LogP contribution in [0.2, 0.25) is 0 Å². The number of hydrogen-bond acceptors (Lipinski definition) is 5. The summed E-state index contributed by atoms with van der Waals surface area (Å²) in [6, 6.07) is 64.8. The zero-order valence-electron chi connectivity index (χ0n) is 33.7. The summed E-state index contributed by atoms with van der Waals surface area (Å²) in [4.78, 5) is 13.9. The van der Waals surface area contributed by atoms with E-state index < -0.39 is 0 Å². The van der Waals surface area contributed by atoms with E-state index in [-0.39, 0.29) is 0 Å². The lowest BCUT2D eigenvalue weighted by Crippen LogP contribution is -1.93. The summed E-state index contributed by atoms with van der Waals surface area (Å²) >= 11 is 0. The van der Waals surface area contributed by atoms with Gasteiger partial charge in [0.15, 0.2) is 11.2 Å². The lowest BCUT2D eigenvalue weighted by Gasteiger charge is -2.10. The number of pyridine rings is 3. The maximum absolute atomic E-state index is 6.07. The molecule has 0 radical (unpaired) electrons. The van der Waals surface area contributed by atoms with Crippen LogP contribution in [0.1, 0.15) is 0 Å². The maximum Gasteiger partial charge on any atom is 0.153 e. The molecule has 0 aliphatic rings. The summed E-state index contributed by atoms with van der Waals surface area (Å²) in [5.41, 5.74) is 18.6. The van der Waals surface area contributed by atoms with Crippen molar-refractivity contribution >= 4 is 65.8 Å². The number of furan rings is 2. The summed E-state index contributed by atoms with van der Waals surface area (Å²) < 4.78 is 14.5. The van der Waals surface area contributed by atoms with E-state index in [9.17, 15) is 0 Å². The zero-order valence-corrected chi connectivity index (χ0v) is 33.7. The van der Waals surface area contributed by atoms with Gasteiger partial charge in [-0.25, -0.2) is 4.98 Å². The number of benzene rings is 7. The monoisotopic (exact) mass is 806 g/mol. The molecule has 6 heterocycles. The molecule has 0 fully saturated rings. The Hall–Kier alpha value is -8.61. The Morgan fingerprint density at radius 2 is 0.810 bits per heavy atom. The molecule has 0 amide bonds. The topological polar surface area (TPSA) is 69.9 Å². The first kappa shape index (κ1) is 35.2. The highest BCUT2D eigenvalue weighted by molar-refractivity contribution is 6.10. The smallest absolute Gasteiger partial charge is 0.153 e. The maximum atomic E-state index is 6.07. The summed E-state index contributed by atoms with van der Waals surface area (Å²) in [7, 11) is 0. The fourth-order valence-electron chi connectivity index (χ4n) is 9.31. The quantitative estimate of drug-likeness (QED) is 0.167. The molecule has 0 N–H and O–H groups in total. The van der Waals surface area contributed by atoms with Crippen LogP contribution in [0, 0.1) is 0 Å². The molecule has 0 saturated heterocycles. The Balaban J connectivity index is 0.896. The minimum atomic E-state index is 0.791. The minimum Gasteiger partial charge on any atom is -0.454 e. The molecule has 0 spiro atoms. The number of fused-ring (bicyclic) bond motifs is 9.